The molecule has 2 aromatic rings. The molecular weight excluding hydrogens is 211 g/mol. The van der Waals surface area contributed by atoms with Gasteiger partial charge in [-0.25, -0.2) is 4.39 Å². The molecule has 0 fully saturated rings. The molecule has 0 amide bonds. The maximum atomic E-state index is 13.3. The van der Waals surface area contributed by atoms with Gasteiger partial charge in [-0.2, -0.15) is 4.98 Å². The number of rotatable bonds is 3. The Labute approximate surface area is 91.0 Å². The number of hydrogen-bond acceptors (Lipinski definition) is 4. The molecule has 0 aliphatic rings. The topological polar surface area (TPSA) is 59.2 Å². The van der Waals surface area contributed by atoms with Crippen LogP contribution >= 0.6 is 0 Å². The van der Waals surface area contributed by atoms with Crippen molar-refractivity contribution < 1.29 is 14.0 Å². The predicted molar refractivity (Wildman–Crippen MR) is 55.9 cm³/mol. The number of aliphatic hydroxyl groups excluding tert-OH is 1. The summed E-state index contributed by atoms with van der Waals surface area (Å²) in [6.45, 7) is -0.322. The second-order valence-corrected chi connectivity index (χ2v) is 3.06. The lowest BCUT2D eigenvalue weighted by molar-refractivity contribution is 0.342. The van der Waals surface area contributed by atoms with E-state index in [0.29, 0.717) is 11.5 Å². The maximum Gasteiger partial charge on any atom is 0.257 e. The molecule has 1 aromatic heterocycles. The first-order valence-corrected chi connectivity index (χ1v) is 4.65. The molecule has 1 aromatic carbocycles. The summed E-state index contributed by atoms with van der Waals surface area (Å²) in [7, 11) is 0. The highest BCUT2D eigenvalue weighted by molar-refractivity contribution is 5.63. The zero-order valence-electron chi connectivity index (χ0n) is 8.30. The Balaban J connectivity index is 2.26. The van der Waals surface area contributed by atoms with Gasteiger partial charge in [0.2, 0.25) is 0 Å². The Morgan fingerprint density at radius 3 is 2.69 bits per heavy atom. The molecule has 5 heteroatoms. The van der Waals surface area contributed by atoms with Crippen molar-refractivity contribution in [1.29, 1.82) is 0 Å². The summed E-state index contributed by atoms with van der Waals surface area (Å²) in [5, 5.41) is 12.0. The molecule has 0 spiro atoms. The number of nitrogens with zero attached hydrogens (tertiary/aromatic N) is 2. The number of aliphatic hydroxyl groups is 1. The van der Waals surface area contributed by atoms with E-state index in [9.17, 15) is 4.39 Å². The van der Waals surface area contributed by atoms with Gasteiger partial charge in [-0.05, 0) is 18.2 Å². The van der Waals surface area contributed by atoms with Crippen LogP contribution in [0, 0.1) is 0 Å². The van der Waals surface area contributed by atoms with Gasteiger partial charge in [0.15, 0.2) is 6.33 Å². The van der Waals surface area contributed by atoms with Crippen LogP contribution in [0.5, 0.6) is 0 Å². The SMILES string of the molecule is OC/C=C(\F)c1ccc(-c2ncno2)cc1. The minimum absolute atomic E-state index is 0.322. The van der Waals surface area contributed by atoms with Crippen LogP contribution in [-0.2, 0) is 0 Å². The smallest absolute Gasteiger partial charge is 0.257 e. The Bertz CT molecular complexity index is 477. The number of halogens is 1. The van der Waals surface area contributed by atoms with E-state index >= 15 is 0 Å². The van der Waals surface area contributed by atoms with Crippen molar-refractivity contribution in [3.05, 3.63) is 42.2 Å². The summed E-state index contributed by atoms with van der Waals surface area (Å²) in [4.78, 5) is 3.87. The van der Waals surface area contributed by atoms with Gasteiger partial charge in [-0.15, -0.1) is 0 Å². The van der Waals surface area contributed by atoms with E-state index in [2.05, 4.69) is 10.1 Å². The molecule has 0 aliphatic heterocycles. The van der Waals surface area contributed by atoms with Crippen molar-refractivity contribution in [2.45, 2.75) is 0 Å². The largest absolute Gasteiger partial charge is 0.392 e. The fourth-order valence-electron chi connectivity index (χ4n) is 1.27. The monoisotopic (exact) mass is 220 g/mol. The normalized spacial score (nSPS) is 11.8. The minimum Gasteiger partial charge on any atom is -0.392 e. The van der Waals surface area contributed by atoms with Crippen molar-refractivity contribution in [3.8, 4) is 11.5 Å². The van der Waals surface area contributed by atoms with E-state index in [1.54, 1.807) is 24.3 Å². The van der Waals surface area contributed by atoms with E-state index < -0.39 is 5.83 Å². The minimum atomic E-state index is -0.459. The quantitative estimate of drug-likeness (QED) is 0.859. The molecule has 0 unspecified atom stereocenters. The van der Waals surface area contributed by atoms with Crippen LogP contribution in [0.4, 0.5) is 4.39 Å². The molecule has 0 saturated carbocycles. The number of hydrogen-bond donors (Lipinski definition) is 1. The van der Waals surface area contributed by atoms with E-state index in [1.807, 2.05) is 0 Å². The first-order chi connectivity index (χ1) is 7.81. The zero-order chi connectivity index (χ0) is 11.4. The first kappa shape index (κ1) is 10.5. The average molecular weight is 220 g/mol. The summed E-state index contributed by atoms with van der Waals surface area (Å²) >= 11 is 0. The molecule has 4 nitrogen and oxygen atoms in total. The first-order valence-electron chi connectivity index (χ1n) is 4.65. The lowest BCUT2D eigenvalue weighted by Crippen LogP contribution is -1.82. The van der Waals surface area contributed by atoms with Crippen molar-refractivity contribution in [2.75, 3.05) is 6.61 Å². The summed E-state index contributed by atoms with van der Waals surface area (Å²) in [6.07, 6.45) is 2.40. The molecule has 82 valence electrons. The van der Waals surface area contributed by atoms with E-state index in [0.717, 1.165) is 11.6 Å². The molecule has 0 radical (unpaired) electrons. The van der Waals surface area contributed by atoms with Crippen molar-refractivity contribution in [3.63, 3.8) is 0 Å². The van der Waals surface area contributed by atoms with Gasteiger partial charge in [-0.3, -0.25) is 0 Å². The standard InChI is InChI=1S/C11H9FN2O2/c12-10(5-6-15)8-1-3-9(4-2-8)11-13-7-14-16-11/h1-5,7,15H,6H2/b10-5-. The highest BCUT2D eigenvalue weighted by atomic mass is 19.1. The van der Waals surface area contributed by atoms with Crippen LogP contribution in [-0.4, -0.2) is 21.9 Å². The molecule has 0 saturated heterocycles. The van der Waals surface area contributed by atoms with Crippen LogP contribution in [0.1, 0.15) is 5.56 Å². The van der Waals surface area contributed by atoms with Gasteiger partial charge in [-0.1, -0.05) is 17.3 Å². The van der Waals surface area contributed by atoms with E-state index in [4.69, 9.17) is 9.63 Å². The Morgan fingerprint density at radius 2 is 2.12 bits per heavy atom. The average Bonchev–Trinajstić information content (AvgIpc) is 2.83. The lowest BCUT2D eigenvalue weighted by Gasteiger charge is -1.98. The third kappa shape index (κ3) is 2.14. The van der Waals surface area contributed by atoms with Gasteiger partial charge >= 0.3 is 0 Å². The molecule has 2 rings (SSSR count). The van der Waals surface area contributed by atoms with Crippen LogP contribution in [0.3, 0.4) is 0 Å². The van der Waals surface area contributed by atoms with Crippen molar-refractivity contribution in [1.82, 2.24) is 10.1 Å². The van der Waals surface area contributed by atoms with Crippen LogP contribution < -0.4 is 0 Å². The van der Waals surface area contributed by atoms with Crippen molar-refractivity contribution in [2.24, 2.45) is 0 Å². The highest BCUT2D eigenvalue weighted by Crippen LogP contribution is 2.21. The third-order valence-corrected chi connectivity index (χ3v) is 2.04. The van der Waals surface area contributed by atoms with Crippen molar-refractivity contribution >= 4 is 5.83 Å². The predicted octanol–water partition coefficient (Wildman–Crippen LogP) is 2.04. The second-order valence-electron chi connectivity index (χ2n) is 3.06. The maximum absolute atomic E-state index is 13.3. The fraction of sp³-hybridized carbons (Fsp3) is 0.0909. The summed E-state index contributed by atoms with van der Waals surface area (Å²) in [5.74, 6) is -0.0716. The molecule has 0 bridgehead atoms. The van der Waals surface area contributed by atoms with Gasteiger partial charge in [0.1, 0.15) is 5.83 Å². The van der Waals surface area contributed by atoms with Crippen LogP contribution in [0.25, 0.3) is 17.3 Å². The Kier molecular flexibility index (Phi) is 3.07. The summed E-state index contributed by atoms with van der Waals surface area (Å²) in [6, 6.07) is 6.52. The van der Waals surface area contributed by atoms with Crippen LogP contribution in [0.15, 0.2) is 41.2 Å². The molecular formula is C11H9FN2O2. The van der Waals surface area contributed by atoms with Gasteiger partial charge < -0.3 is 9.63 Å². The summed E-state index contributed by atoms with van der Waals surface area (Å²) < 4.78 is 18.1. The highest BCUT2D eigenvalue weighted by Gasteiger charge is 2.04. The van der Waals surface area contributed by atoms with E-state index in [1.165, 1.54) is 6.33 Å². The fourth-order valence-corrected chi connectivity index (χ4v) is 1.27. The zero-order valence-corrected chi connectivity index (χ0v) is 8.30. The molecule has 16 heavy (non-hydrogen) atoms. The van der Waals surface area contributed by atoms with Gasteiger partial charge in [0.25, 0.3) is 5.89 Å². The number of benzene rings is 1. The third-order valence-electron chi connectivity index (χ3n) is 2.04. The molecule has 0 atom stereocenters. The molecule has 0 aliphatic carbocycles. The second kappa shape index (κ2) is 4.67. The Hall–Kier alpha value is -2.01. The number of aromatic nitrogens is 2. The van der Waals surface area contributed by atoms with E-state index in [-0.39, 0.29) is 6.61 Å². The Morgan fingerprint density at radius 1 is 1.38 bits per heavy atom. The van der Waals surface area contributed by atoms with Gasteiger partial charge in [0, 0.05) is 11.1 Å². The van der Waals surface area contributed by atoms with Gasteiger partial charge in [0.05, 0.1) is 6.61 Å². The lowest BCUT2D eigenvalue weighted by atomic mass is 10.1. The molecule has 1 N–H and O–H groups in total. The van der Waals surface area contributed by atoms with Crippen LogP contribution in [0.2, 0.25) is 0 Å². The summed E-state index contributed by atoms with van der Waals surface area (Å²) in [5.41, 5.74) is 1.12. The molecule has 1 heterocycles.